The molecule has 0 bridgehead atoms. The topological polar surface area (TPSA) is 26.3 Å². The summed E-state index contributed by atoms with van der Waals surface area (Å²) >= 11 is 0. The van der Waals surface area contributed by atoms with Gasteiger partial charge in [-0.1, -0.05) is 13.3 Å². The van der Waals surface area contributed by atoms with E-state index < -0.39 is 0 Å². The van der Waals surface area contributed by atoms with Crippen molar-refractivity contribution in [3.05, 3.63) is 0 Å². The van der Waals surface area contributed by atoms with Crippen LogP contribution in [-0.4, -0.2) is 30.2 Å². The van der Waals surface area contributed by atoms with Gasteiger partial charge in [-0.3, -0.25) is 4.84 Å². The van der Waals surface area contributed by atoms with Crippen LogP contribution in [0.4, 0.5) is 0 Å². The first-order valence-corrected chi connectivity index (χ1v) is 5.25. The van der Waals surface area contributed by atoms with Gasteiger partial charge in [0.15, 0.2) is 0 Å². The average Bonchev–Trinajstić information content (AvgIpc) is 2.49. The lowest BCUT2D eigenvalue weighted by Crippen LogP contribution is -2.47. The Labute approximate surface area is 80.2 Å². The van der Waals surface area contributed by atoms with Crippen LogP contribution in [0.1, 0.15) is 39.5 Å². The van der Waals surface area contributed by atoms with Gasteiger partial charge >= 0.3 is 5.97 Å². The van der Waals surface area contributed by atoms with Gasteiger partial charge in [0.2, 0.25) is 0 Å². The van der Waals surface area contributed by atoms with E-state index in [9.17, 15) is 4.79 Å². The Morgan fingerprint density at radius 3 is 2.46 bits per heavy atom. The third-order valence-electron chi connectivity index (χ3n) is 2.62. The summed E-state index contributed by atoms with van der Waals surface area (Å²) in [5.74, 6) is -0.141. The average molecular weight is 186 g/mol. The molecule has 0 atom stereocenters. The molecule has 76 valence electrons. The highest BCUT2D eigenvalue weighted by molar-refractivity contribution is 5.65. The summed E-state index contributed by atoms with van der Waals surface area (Å²) in [5.41, 5.74) is 0. The van der Waals surface area contributed by atoms with Crippen molar-refractivity contribution in [1.82, 2.24) is 0 Å². The molecule has 0 amide bonds. The van der Waals surface area contributed by atoms with Gasteiger partial charge in [-0.25, -0.2) is 4.79 Å². The minimum absolute atomic E-state index is 0.141. The van der Waals surface area contributed by atoms with E-state index in [4.69, 9.17) is 4.84 Å². The Hall–Kier alpha value is -0.570. The second-order valence-corrected chi connectivity index (χ2v) is 3.87. The molecule has 0 saturated carbocycles. The molecular formula is C10H20NO2+. The summed E-state index contributed by atoms with van der Waals surface area (Å²) < 4.78 is 0.586. The van der Waals surface area contributed by atoms with Gasteiger partial charge < -0.3 is 0 Å². The minimum Gasteiger partial charge on any atom is -0.277 e. The number of rotatable bonds is 4. The fraction of sp³-hybridized carbons (Fsp3) is 0.900. The molecule has 0 aromatic carbocycles. The number of hydroxylamine groups is 3. The van der Waals surface area contributed by atoms with Gasteiger partial charge in [0.05, 0.1) is 0 Å². The van der Waals surface area contributed by atoms with Crippen molar-refractivity contribution in [3.63, 3.8) is 0 Å². The van der Waals surface area contributed by atoms with E-state index in [1.54, 1.807) is 0 Å². The predicted molar refractivity (Wildman–Crippen MR) is 50.8 cm³/mol. The quantitative estimate of drug-likeness (QED) is 0.627. The Balaban J connectivity index is 2.47. The summed E-state index contributed by atoms with van der Waals surface area (Å²) in [6, 6.07) is 0. The highest BCUT2D eigenvalue weighted by Crippen LogP contribution is 2.21. The van der Waals surface area contributed by atoms with E-state index in [2.05, 4.69) is 6.92 Å². The molecule has 0 spiro atoms. The third kappa shape index (κ3) is 2.99. The number of carbonyl (C=O) groups is 1. The highest BCUT2D eigenvalue weighted by Gasteiger charge is 2.35. The summed E-state index contributed by atoms with van der Waals surface area (Å²) in [6.45, 7) is 6.69. The maximum atomic E-state index is 10.9. The van der Waals surface area contributed by atoms with Crippen LogP contribution in [0, 0.1) is 0 Å². The van der Waals surface area contributed by atoms with Crippen molar-refractivity contribution in [2.75, 3.05) is 19.6 Å². The summed E-state index contributed by atoms with van der Waals surface area (Å²) in [6.07, 6.45) is 4.70. The largest absolute Gasteiger partial charge is 0.363 e. The number of nitrogens with zero attached hydrogens (tertiary/aromatic N) is 1. The first-order chi connectivity index (χ1) is 6.18. The molecule has 1 rings (SSSR count). The van der Waals surface area contributed by atoms with E-state index in [1.807, 2.05) is 0 Å². The molecule has 1 aliphatic rings. The van der Waals surface area contributed by atoms with Crippen LogP contribution in [-0.2, 0) is 9.63 Å². The number of hydrogen-bond donors (Lipinski definition) is 0. The predicted octanol–water partition coefficient (Wildman–Crippen LogP) is 1.88. The van der Waals surface area contributed by atoms with Crippen LogP contribution in [0.25, 0.3) is 0 Å². The summed E-state index contributed by atoms with van der Waals surface area (Å²) in [4.78, 5) is 16.3. The second kappa shape index (κ2) is 4.61. The molecule has 3 heteroatoms. The van der Waals surface area contributed by atoms with Gasteiger partial charge in [-0.05, 0) is 6.42 Å². The molecule has 0 radical (unpaired) electrons. The molecule has 0 aliphatic carbocycles. The Morgan fingerprint density at radius 1 is 1.38 bits per heavy atom. The van der Waals surface area contributed by atoms with E-state index in [-0.39, 0.29) is 5.97 Å². The van der Waals surface area contributed by atoms with Crippen LogP contribution in [0.3, 0.4) is 0 Å². The molecule has 1 aliphatic heterocycles. The summed E-state index contributed by atoms with van der Waals surface area (Å²) in [7, 11) is 0. The van der Waals surface area contributed by atoms with Crippen LogP contribution in [0.5, 0.6) is 0 Å². The number of quaternary nitrogens is 1. The molecule has 0 aromatic heterocycles. The first kappa shape index (κ1) is 10.5. The van der Waals surface area contributed by atoms with Crippen molar-refractivity contribution in [2.24, 2.45) is 0 Å². The lowest BCUT2D eigenvalue weighted by atomic mass is 10.3. The standard InChI is InChI=1S/C10H20NO2/c1-3-4-7-11(13-10(2)12)8-5-6-9-11/h3-9H2,1-2H3/q+1. The molecule has 0 N–H and O–H groups in total. The normalized spacial score (nSPS) is 20.2. The summed E-state index contributed by atoms with van der Waals surface area (Å²) in [5, 5.41) is 0. The van der Waals surface area contributed by atoms with Crippen molar-refractivity contribution >= 4 is 5.97 Å². The third-order valence-corrected chi connectivity index (χ3v) is 2.62. The highest BCUT2D eigenvalue weighted by atomic mass is 16.7. The zero-order valence-electron chi connectivity index (χ0n) is 8.71. The first-order valence-electron chi connectivity index (χ1n) is 5.25. The molecule has 0 unspecified atom stereocenters. The Bertz CT molecular complexity index is 174. The zero-order chi connectivity index (χ0) is 9.73. The molecule has 1 heterocycles. The van der Waals surface area contributed by atoms with Crippen LogP contribution < -0.4 is 0 Å². The van der Waals surface area contributed by atoms with Gasteiger partial charge in [0.25, 0.3) is 0 Å². The van der Waals surface area contributed by atoms with Crippen molar-refractivity contribution in [2.45, 2.75) is 39.5 Å². The molecule has 1 saturated heterocycles. The molecule has 1 fully saturated rings. The number of unbranched alkanes of at least 4 members (excludes halogenated alkanes) is 1. The monoisotopic (exact) mass is 186 g/mol. The fourth-order valence-corrected chi connectivity index (χ4v) is 1.99. The SMILES string of the molecule is CCCC[N+]1(OC(C)=O)CCCC1. The lowest BCUT2D eigenvalue weighted by Gasteiger charge is -2.29. The number of hydrogen-bond acceptors (Lipinski definition) is 2. The zero-order valence-corrected chi connectivity index (χ0v) is 8.71. The van der Waals surface area contributed by atoms with Gasteiger partial charge in [-0.15, -0.1) is 4.65 Å². The van der Waals surface area contributed by atoms with E-state index in [0.717, 1.165) is 26.1 Å². The maximum Gasteiger partial charge on any atom is 0.363 e. The van der Waals surface area contributed by atoms with Gasteiger partial charge in [0, 0.05) is 19.8 Å². The molecule has 0 aromatic rings. The Kier molecular flexibility index (Phi) is 3.72. The molecule has 3 nitrogen and oxygen atoms in total. The lowest BCUT2D eigenvalue weighted by molar-refractivity contribution is -1.08. The smallest absolute Gasteiger partial charge is 0.277 e. The van der Waals surface area contributed by atoms with Gasteiger partial charge in [-0.2, -0.15) is 0 Å². The van der Waals surface area contributed by atoms with E-state index >= 15 is 0 Å². The Morgan fingerprint density at radius 2 is 2.00 bits per heavy atom. The maximum absolute atomic E-state index is 10.9. The van der Waals surface area contributed by atoms with Crippen LogP contribution in [0.15, 0.2) is 0 Å². The number of carbonyl (C=O) groups excluding carboxylic acids is 1. The van der Waals surface area contributed by atoms with Crippen molar-refractivity contribution in [1.29, 1.82) is 0 Å². The minimum atomic E-state index is -0.141. The molecule has 13 heavy (non-hydrogen) atoms. The van der Waals surface area contributed by atoms with Crippen LogP contribution in [0.2, 0.25) is 0 Å². The van der Waals surface area contributed by atoms with E-state index in [0.29, 0.717) is 4.65 Å². The molecular weight excluding hydrogens is 166 g/mol. The van der Waals surface area contributed by atoms with Crippen LogP contribution >= 0.6 is 0 Å². The van der Waals surface area contributed by atoms with Gasteiger partial charge in [0.1, 0.15) is 19.6 Å². The van der Waals surface area contributed by atoms with E-state index in [1.165, 1.54) is 26.2 Å². The fourth-order valence-electron chi connectivity index (χ4n) is 1.99. The van der Waals surface area contributed by atoms with Crippen molar-refractivity contribution < 1.29 is 14.3 Å². The van der Waals surface area contributed by atoms with Crippen molar-refractivity contribution in [3.8, 4) is 0 Å². The number of likely N-dealkylation sites (tertiary alicyclic amines) is 1. The second-order valence-electron chi connectivity index (χ2n) is 3.87.